The molecular weight excluding hydrogens is 258 g/mol. The van der Waals surface area contributed by atoms with E-state index in [4.69, 9.17) is 0 Å². The first kappa shape index (κ1) is 12.6. The second-order valence-electron chi connectivity index (χ2n) is 6.26. The summed E-state index contributed by atoms with van der Waals surface area (Å²) in [6, 6.07) is 10.2. The van der Waals surface area contributed by atoms with Crippen molar-refractivity contribution < 1.29 is 4.79 Å². The van der Waals surface area contributed by atoms with E-state index >= 15 is 0 Å². The topological polar surface area (TPSA) is 29.1 Å². The Kier molecular flexibility index (Phi) is 2.85. The van der Waals surface area contributed by atoms with Crippen LogP contribution in [0.4, 0.5) is 0 Å². The van der Waals surface area contributed by atoms with Gasteiger partial charge < -0.3 is 5.32 Å². The smallest absolute Gasteiger partial charge is 0.247 e. The number of rotatable bonds is 3. The molecule has 0 spiro atoms. The quantitative estimate of drug-likeness (QED) is 0.843. The molecule has 1 amide bonds. The molecule has 106 valence electrons. The summed E-state index contributed by atoms with van der Waals surface area (Å²) in [4.78, 5) is 12.6. The summed E-state index contributed by atoms with van der Waals surface area (Å²) in [7, 11) is 0. The van der Waals surface area contributed by atoms with E-state index < -0.39 is 0 Å². The molecule has 1 aromatic rings. The van der Waals surface area contributed by atoms with Crippen LogP contribution in [-0.2, 0) is 4.79 Å². The summed E-state index contributed by atoms with van der Waals surface area (Å²) in [6.07, 6.45) is 11.2. The van der Waals surface area contributed by atoms with Crippen molar-refractivity contribution in [3.8, 4) is 0 Å². The molecule has 3 aliphatic carbocycles. The Morgan fingerprint density at radius 1 is 1.05 bits per heavy atom. The first-order chi connectivity index (χ1) is 10.2. The van der Waals surface area contributed by atoms with Gasteiger partial charge in [0.15, 0.2) is 0 Å². The van der Waals surface area contributed by atoms with E-state index in [0.717, 1.165) is 11.1 Å². The Balaban J connectivity index is 1.51. The standard InChI is InChI=1S/C19H19NO/c1-12(13-5-3-2-4-6-13)20-19(21)17-11-15-8-7-14-9-10-16(17)18(14)15/h2-12,14-16,18H,1H3,(H,20,21)/t12-,14-,15-,16+,18-/m0/s1. The number of carbonyl (C=O) groups is 1. The van der Waals surface area contributed by atoms with E-state index in [1.54, 1.807) is 0 Å². The molecule has 0 aromatic heterocycles. The van der Waals surface area contributed by atoms with Gasteiger partial charge in [-0.15, -0.1) is 0 Å². The lowest BCUT2D eigenvalue weighted by molar-refractivity contribution is -0.118. The maximum atomic E-state index is 12.6. The van der Waals surface area contributed by atoms with Gasteiger partial charge >= 0.3 is 0 Å². The van der Waals surface area contributed by atoms with Gasteiger partial charge in [0.05, 0.1) is 6.04 Å². The molecule has 2 heteroatoms. The minimum absolute atomic E-state index is 0.0387. The first-order valence-electron chi connectivity index (χ1n) is 7.68. The molecule has 1 aromatic carbocycles. The van der Waals surface area contributed by atoms with Crippen LogP contribution in [0.25, 0.3) is 0 Å². The molecule has 0 bridgehead atoms. The van der Waals surface area contributed by atoms with Crippen molar-refractivity contribution in [2.45, 2.75) is 13.0 Å². The van der Waals surface area contributed by atoms with Gasteiger partial charge in [0.2, 0.25) is 5.91 Å². The number of amides is 1. The van der Waals surface area contributed by atoms with Crippen molar-refractivity contribution in [3.05, 3.63) is 71.8 Å². The van der Waals surface area contributed by atoms with Crippen molar-refractivity contribution >= 4 is 5.91 Å². The highest BCUT2D eigenvalue weighted by Gasteiger charge is 2.45. The maximum absolute atomic E-state index is 12.6. The lowest BCUT2D eigenvalue weighted by atomic mass is 9.87. The fourth-order valence-electron chi connectivity index (χ4n) is 3.95. The van der Waals surface area contributed by atoms with E-state index in [1.807, 2.05) is 25.1 Å². The summed E-state index contributed by atoms with van der Waals surface area (Å²) in [5.41, 5.74) is 2.10. The Morgan fingerprint density at radius 3 is 2.57 bits per heavy atom. The van der Waals surface area contributed by atoms with E-state index in [-0.39, 0.29) is 11.9 Å². The molecule has 0 aliphatic heterocycles. The van der Waals surface area contributed by atoms with Gasteiger partial charge in [-0.3, -0.25) is 4.79 Å². The van der Waals surface area contributed by atoms with Crippen molar-refractivity contribution in [2.75, 3.05) is 0 Å². The molecule has 1 N–H and O–H groups in total. The van der Waals surface area contributed by atoms with Crippen LogP contribution in [0.1, 0.15) is 18.5 Å². The molecule has 2 nitrogen and oxygen atoms in total. The van der Waals surface area contributed by atoms with Gasteiger partial charge in [-0.1, -0.05) is 60.7 Å². The predicted molar refractivity (Wildman–Crippen MR) is 83.3 cm³/mol. The van der Waals surface area contributed by atoms with Crippen LogP contribution < -0.4 is 5.32 Å². The highest BCUT2D eigenvalue weighted by molar-refractivity contribution is 5.95. The average Bonchev–Trinajstić information content (AvgIpc) is 3.17. The Bertz CT molecular complexity index is 655. The van der Waals surface area contributed by atoms with Gasteiger partial charge in [-0.25, -0.2) is 0 Å². The molecule has 0 radical (unpaired) electrons. The Morgan fingerprint density at radius 2 is 1.76 bits per heavy atom. The lowest BCUT2D eigenvalue weighted by Gasteiger charge is -2.19. The normalized spacial score (nSPS) is 32.9. The van der Waals surface area contributed by atoms with Crippen molar-refractivity contribution in [1.29, 1.82) is 0 Å². The zero-order valence-electron chi connectivity index (χ0n) is 12.1. The summed E-state index contributed by atoms with van der Waals surface area (Å²) < 4.78 is 0. The zero-order valence-corrected chi connectivity index (χ0v) is 12.1. The van der Waals surface area contributed by atoms with Crippen molar-refractivity contribution in [3.63, 3.8) is 0 Å². The molecule has 0 saturated heterocycles. The third-order valence-electron chi connectivity index (χ3n) is 5.04. The minimum atomic E-state index is 0.0387. The molecule has 0 fully saturated rings. The number of nitrogens with one attached hydrogen (secondary N) is 1. The Hall–Kier alpha value is -2.09. The second-order valence-corrected chi connectivity index (χ2v) is 6.26. The summed E-state index contributed by atoms with van der Waals surface area (Å²) in [5.74, 6) is 1.94. The predicted octanol–water partition coefficient (Wildman–Crippen LogP) is 3.41. The van der Waals surface area contributed by atoms with Gasteiger partial charge in [0, 0.05) is 17.4 Å². The number of hydrogen-bond acceptors (Lipinski definition) is 1. The van der Waals surface area contributed by atoms with E-state index in [2.05, 4.69) is 47.8 Å². The van der Waals surface area contributed by atoms with Crippen LogP contribution in [0, 0.1) is 23.7 Å². The average molecular weight is 277 g/mol. The van der Waals surface area contributed by atoms with Crippen LogP contribution >= 0.6 is 0 Å². The number of hydrogen-bond donors (Lipinski definition) is 1. The molecule has 21 heavy (non-hydrogen) atoms. The molecule has 4 rings (SSSR count). The SMILES string of the molecule is C[C@H](NC(=O)C1=C[C@@H]2C=C[C@H]3C=C[C@H]1[C@@H]32)c1ccccc1. The first-order valence-corrected chi connectivity index (χ1v) is 7.68. The molecular formula is C19H19NO. The second kappa shape index (κ2) is 4.73. The van der Waals surface area contributed by atoms with Crippen LogP contribution in [0.3, 0.4) is 0 Å². The molecule has 0 heterocycles. The van der Waals surface area contributed by atoms with Crippen LogP contribution in [-0.4, -0.2) is 5.91 Å². The summed E-state index contributed by atoms with van der Waals surface area (Å²) >= 11 is 0. The monoisotopic (exact) mass is 277 g/mol. The van der Waals surface area contributed by atoms with E-state index in [1.165, 1.54) is 0 Å². The van der Waals surface area contributed by atoms with Crippen LogP contribution in [0.15, 0.2) is 66.3 Å². The number of benzene rings is 1. The van der Waals surface area contributed by atoms with Crippen LogP contribution in [0.5, 0.6) is 0 Å². The van der Waals surface area contributed by atoms with Gasteiger partial charge in [-0.05, 0) is 24.3 Å². The van der Waals surface area contributed by atoms with Gasteiger partial charge in [0.25, 0.3) is 0 Å². The maximum Gasteiger partial charge on any atom is 0.247 e. The van der Waals surface area contributed by atoms with Crippen molar-refractivity contribution in [1.82, 2.24) is 5.32 Å². The molecule has 0 saturated carbocycles. The Labute approximate surface area is 125 Å². The van der Waals surface area contributed by atoms with Crippen molar-refractivity contribution in [2.24, 2.45) is 23.7 Å². The summed E-state index contributed by atoms with van der Waals surface area (Å²) in [5, 5.41) is 3.15. The zero-order chi connectivity index (χ0) is 14.4. The highest BCUT2D eigenvalue weighted by atomic mass is 16.1. The van der Waals surface area contributed by atoms with Gasteiger partial charge in [-0.2, -0.15) is 0 Å². The molecule has 5 atom stereocenters. The fraction of sp³-hybridized carbons (Fsp3) is 0.316. The van der Waals surface area contributed by atoms with E-state index in [9.17, 15) is 4.79 Å². The van der Waals surface area contributed by atoms with Crippen LogP contribution in [0.2, 0.25) is 0 Å². The highest BCUT2D eigenvalue weighted by Crippen LogP contribution is 2.51. The number of carbonyl (C=O) groups excluding carboxylic acids is 1. The molecule has 0 unspecified atom stereocenters. The largest absolute Gasteiger partial charge is 0.346 e. The third kappa shape index (κ3) is 1.98. The fourth-order valence-corrected chi connectivity index (χ4v) is 3.95. The number of allylic oxidation sites excluding steroid dienone is 5. The third-order valence-corrected chi connectivity index (χ3v) is 5.04. The lowest BCUT2D eigenvalue weighted by Crippen LogP contribution is -2.30. The minimum Gasteiger partial charge on any atom is -0.346 e. The van der Waals surface area contributed by atoms with E-state index in [0.29, 0.717) is 23.7 Å². The van der Waals surface area contributed by atoms with Gasteiger partial charge in [0.1, 0.15) is 0 Å². The summed E-state index contributed by atoms with van der Waals surface area (Å²) in [6.45, 7) is 2.04. The molecule has 3 aliphatic rings.